The Balaban J connectivity index is 1.62. The summed E-state index contributed by atoms with van der Waals surface area (Å²) in [4.78, 5) is 17.7. The zero-order valence-corrected chi connectivity index (χ0v) is 14.2. The highest BCUT2D eigenvalue weighted by Crippen LogP contribution is 2.31. The molecule has 0 saturated heterocycles. The number of thiophene rings is 1. The van der Waals surface area contributed by atoms with Gasteiger partial charge < -0.3 is 5.32 Å². The molecule has 0 aliphatic heterocycles. The van der Waals surface area contributed by atoms with E-state index < -0.39 is 0 Å². The van der Waals surface area contributed by atoms with Crippen LogP contribution in [0.5, 0.6) is 0 Å². The minimum absolute atomic E-state index is 0.00550. The molecule has 1 aliphatic rings. The number of pyridine rings is 1. The van der Waals surface area contributed by atoms with Crippen LogP contribution < -0.4 is 5.32 Å². The van der Waals surface area contributed by atoms with Gasteiger partial charge in [0.1, 0.15) is 0 Å². The number of nitrogens with zero attached hydrogens (tertiary/aromatic N) is 3. The van der Waals surface area contributed by atoms with E-state index >= 15 is 0 Å². The number of amides is 1. The summed E-state index contributed by atoms with van der Waals surface area (Å²) in [6, 6.07) is 7.79. The van der Waals surface area contributed by atoms with Crippen molar-refractivity contribution in [2.75, 3.05) is 0 Å². The van der Waals surface area contributed by atoms with Crippen LogP contribution in [0.1, 0.15) is 45.4 Å². The second kappa shape index (κ2) is 6.20. The van der Waals surface area contributed by atoms with Crippen LogP contribution in [-0.2, 0) is 6.42 Å². The van der Waals surface area contributed by atoms with Crippen LogP contribution in [-0.4, -0.2) is 20.7 Å². The van der Waals surface area contributed by atoms with Gasteiger partial charge in [-0.25, -0.2) is 9.67 Å². The largest absolute Gasteiger partial charge is 0.344 e. The number of hydrogen-bond donors (Lipinski definition) is 1. The SMILES string of the molecule is Cc1ccsc1C(=O)NC1CCCc2c1cnn2-c1ccccn1. The van der Waals surface area contributed by atoms with Crippen molar-refractivity contribution in [1.29, 1.82) is 0 Å². The smallest absolute Gasteiger partial charge is 0.262 e. The van der Waals surface area contributed by atoms with E-state index in [0.717, 1.165) is 46.8 Å². The van der Waals surface area contributed by atoms with E-state index in [-0.39, 0.29) is 11.9 Å². The lowest BCUT2D eigenvalue weighted by Crippen LogP contribution is -2.30. The van der Waals surface area contributed by atoms with Gasteiger partial charge in [-0.15, -0.1) is 11.3 Å². The molecule has 0 fully saturated rings. The molecule has 1 amide bonds. The molecular weight excluding hydrogens is 320 g/mol. The zero-order valence-electron chi connectivity index (χ0n) is 13.4. The Hall–Kier alpha value is -2.47. The summed E-state index contributed by atoms with van der Waals surface area (Å²) in [5, 5.41) is 9.65. The Kier molecular flexibility index (Phi) is 3.90. The molecular formula is C18H18N4OS. The van der Waals surface area contributed by atoms with E-state index in [2.05, 4.69) is 15.4 Å². The number of hydrogen-bond acceptors (Lipinski definition) is 4. The Morgan fingerprint density at radius 3 is 3.04 bits per heavy atom. The molecule has 0 aromatic carbocycles. The molecule has 3 heterocycles. The number of fused-ring (bicyclic) bond motifs is 1. The molecule has 3 aromatic heterocycles. The molecule has 1 atom stereocenters. The highest BCUT2D eigenvalue weighted by Gasteiger charge is 2.27. The van der Waals surface area contributed by atoms with Crippen molar-refractivity contribution < 1.29 is 4.79 Å². The minimum atomic E-state index is 0.00550. The fourth-order valence-electron chi connectivity index (χ4n) is 3.21. The molecule has 1 N–H and O–H groups in total. The third-order valence-corrected chi connectivity index (χ3v) is 5.44. The van der Waals surface area contributed by atoms with E-state index in [4.69, 9.17) is 0 Å². The van der Waals surface area contributed by atoms with Crippen LogP contribution in [0.25, 0.3) is 5.82 Å². The maximum absolute atomic E-state index is 12.5. The maximum atomic E-state index is 12.5. The minimum Gasteiger partial charge on any atom is -0.344 e. The van der Waals surface area contributed by atoms with Crippen LogP contribution in [0.2, 0.25) is 0 Å². The van der Waals surface area contributed by atoms with Crippen LogP contribution >= 0.6 is 11.3 Å². The molecule has 0 saturated carbocycles. The Labute approximate surface area is 144 Å². The number of nitrogens with one attached hydrogen (secondary N) is 1. The predicted octanol–water partition coefficient (Wildman–Crippen LogP) is 3.44. The molecule has 4 rings (SSSR count). The van der Waals surface area contributed by atoms with Gasteiger partial charge in [0.15, 0.2) is 5.82 Å². The van der Waals surface area contributed by atoms with E-state index in [9.17, 15) is 4.79 Å². The highest BCUT2D eigenvalue weighted by atomic mass is 32.1. The van der Waals surface area contributed by atoms with Gasteiger partial charge in [0.25, 0.3) is 5.91 Å². The van der Waals surface area contributed by atoms with Gasteiger partial charge >= 0.3 is 0 Å². The Morgan fingerprint density at radius 1 is 1.38 bits per heavy atom. The number of aromatic nitrogens is 3. The van der Waals surface area contributed by atoms with Gasteiger partial charge in [-0.3, -0.25) is 4.79 Å². The zero-order chi connectivity index (χ0) is 16.5. The van der Waals surface area contributed by atoms with E-state index in [1.807, 2.05) is 47.4 Å². The third kappa shape index (κ3) is 2.63. The number of rotatable bonds is 3. The molecule has 1 unspecified atom stereocenters. The van der Waals surface area contributed by atoms with Gasteiger partial charge in [0, 0.05) is 11.8 Å². The van der Waals surface area contributed by atoms with Gasteiger partial charge in [0.2, 0.25) is 0 Å². The summed E-state index contributed by atoms with van der Waals surface area (Å²) in [6.07, 6.45) is 6.56. The Bertz CT molecular complexity index is 868. The average molecular weight is 338 g/mol. The number of carbonyl (C=O) groups excluding carboxylic acids is 1. The fourth-order valence-corrected chi connectivity index (χ4v) is 4.04. The van der Waals surface area contributed by atoms with Gasteiger partial charge in [-0.2, -0.15) is 5.10 Å². The highest BCUT2D eigenvalue weighted by molar-refractivity contribution is 7.12. The fraction of sp³-hybridized carbons (Fsp3) is 0.278. The molecule has 3 aromatic rings. The molecule has 24 heavy (non-hydrogen) atoms. The summed E-state index contributed by atoms with van der Waals surface area (Å²) in [5.41, 5.74) is 3.28. The standard InChI is InChI=1S/C18H18N4OS/c1-12-8-10-24-17(12)18(23)21-14-5-4-6-15-13(14)11-20-22(15)16-7-2-3-9-19-16/h2-3,7-11,14H,4-6H2,1H3,(H,21,23). The summed E-state index contributed by atoms with van der Waals surface area (Å²) < 4.78 is 1.89. The average Bonchev–Trinajstić information content (AvgIpc) is 3.22. The normalized spacial score (nSPS) is 16.6. The predicted molar refractivity (Wildman–Crippen MR) is 93.6 cm³/mol. The monoisotopic (exact) mass is 338 g/mol. The van der Waals surface area contributed by atoms with Crippen LogP contribution in [0.15, 0.2) is 42.0 Å². The molecule has 122 valence electrons. The first-order valence-electron chi connectivity index (χ1n) is 8.07. The molecule has 0 radical (unpaired) electrons. The molecule has 1 aliphatic carbocycles. The summed E-state index contributed by atoms with van der Waals surface area (Å²) in [5.74, 6) is 0.825. The van der Waals surface area contributed by atoms with Gasteiger partial charge in [0.05, 0.1) is 22.8 Å². The van der Waals surface area contributed by atoms with E-state index in [1.54, 1.807) is 6.20 Å². The molecule has 0 spiro atoms. The van der Waals surface area contributed by atoms with Crippen LogP contribution in [0.4, 0.5) is 0 Å². The first-order chi connectivity index (χ1) is 11.7. The van der Waals surface area contributed by atoms with Crippen LogP contribution in [0.3, 0.4) is 0 Å². The van der Waals surface area contributed by atoms with Gasteiger partial charge in [-0.1, -0.05) is 6.07 Å². The van der Waals surface area contributed by atoms with Crippen LogP contribution in [0, 0.1) is 6.92 Å². The van der Waals surface area contributed by atoms with Crippen molar-refractivity contribution in [2.45, 2.75) is 32.2 Å². The Morgan fingerprint density at radius 2 is 2.29 bits per heavy atom. The molecule has 0 bridgehead atoms. The number of aryl methyl sites for hydroxylation is 1. The summed E-state index contributed by atoms with van der Waals surface area (Å²) in [7, 11) is 0. The van der Waals surface area contributed by atoms with E-state index in [0.29, 0.717) is 0 Å². The van der Waals surface area contributed by atoms with Crippen molar-refractivity contribution in [2.24, 2.45) is 0 Å². The van der Waals surface area contributed by atoms with E-state index in [1.165, 1.54) is 11.3 Å². The molecule has 5 nitrogen and oxygen atoms in total. The molecule has 6 heteroatoms. The van der Waals surface area contributed by atoms with Crippen molar-refractivity contribution in [3.63, 3.8) is 0 Å². The summed E-state index contributed by atoms with van der Waals surface area (Å²) >= 11 is 1.49. The lowest BCUT2D eigenvalue weighted by Gasteiger charge is -2.24. The quantitative estimate of drug-likeness (QED) is 0.796. The van der Waals surface area contributed by atoms with Crippen molar-refractivity contribution >= 4 is 17.2 Å². The number of carbonyl (C=O) groups is 1. The van der Waals surface area contributed by atoms with Crippen molar-refractivity contribution in [1.82, 2.24) is 20.1 Å². The topological polar surface area (TPSA) is 59.8 Å². The lowest BCUT2D eigenvalue weighted by atomic mass is 9.93. The second-order valence-corrected chi connectivity index (χ2v) is 6.91. The second-order valence-electron chi connectivity index (χ2n) is 6.00. The summed E-state index contributed by atoms with van der Waals surface area (Å²) in [6.45, 7) is 1.97. The first-order valence-corrected chi connectivity index (χ1v) is 8.95. The first kappa shape index (κ1) is 15.1. The lowest BCUT2D eigenvalue weighted by molar-refractivity contribution is 0.0936. The third-order valence-electron chi connectivity index (χ3n) is 4.42. The van der Waals surface area contributed by atoms with Crippen molar-refractivity contribution in [3.05, 3.63) is 63.7 Å². The maximum Gasteiger partial charge on any atom is 0.262 e. The van der Waals surface area contributed by atoms with Crippen molar-refractivity contribution in [3.8, 4) is 5.82 Å². The van der Waals surface area contributed by atoms with Gasteiger partial charge in [-0.05, 0) is 55.3 Å².